The molecule has 3 rings (SSSR count). The zero-order chi connectivity index (χ0) is 13.2. The van der Waals surface area contributed by atoms with Gasteiger partial charge in [-0.15, -0.1) is 0 Å². The summed E-state index contributed by atoms with van der Waals surface area (Å²) in [6.07, 6.45) is 3.73. The van der Waals surface area contributed by atoms with Gasteiger partial charge >= 0.3 is 0 Å². The van der Waals surface area contributed by atoms with E-state index in [0.29, 0.717) is 16.6 Å². The number of nitrogens with zero attached hydrogens (tertiary/aromatic N) is 2. The van der Waals surface area contributed by atoms with E-state index in [4.69, 9.17) is 16.3 Å². The average Bonchev–Trinajstić information content (AvgIpc) is 2.89. The standard InChI is InChI=1S/C14H14ClFN2O/c15-11-1-2-14(12(16)9-11)18-6-3-13(17-18)10-4-7-19-8-5-10/h1-3,6,9-10H,4-5,7-8H2. The minimum Gasteiger partial charge on any atom is -0.381 e. The summed E-state index contributed by atoms with van der Waals surface area (Å²) < 4.78 is 20.7. The smallest absolute Gasteiger partial charge is 0.150 e. The second-order valence-electron chi connectivity index (χ2n) is 4.67. The van der Waals surface area contributed by atoms with Gasteiger partial charge in [-0.1, -0.05) is 11.6 Å². The van der Waals surface area contributed by atoms with Gasteiger partial charge in [0.2, 0.25) is 0 Å². The van der Waals surface area contributed by atoms with E-state index in [-0.39, 0.29) is 5.82 Å². The second kappa shape index (κ2) is 5.31. The third kappa shape index (κ3) is 2.65. The number of benzene rings is 1. The van der Waals surface area contributed by atoms with Crippen molar-refractivity contribution in [1.82, 2.24) is 9.78 Å². The first-order valence-corrected chi connectivity index (χ1v) is 6.70. The second-order valence-corrected chi connectivity index (χ2v) is 5.10. The molecule has 1 aromatic heterocycles. The maximum absolute atomic E-state index is 13.8. The van der Waals surface area contributed by atoms with E-state index in [2.05, 4.69) is 5.10 Å². The molecule has 2 heterocycles. The summed E-state index contributed by atoms with van der Waals surface area (Å²) >= 11 is 5.75. The largest absolute Gasteiger partial charge is 0.381 e. The van der Waals surface area contributed by atoms with Crippen LogP contribution in [-0.4, -0.2) is 23.0 Å². The van der Waals surface area contributed by atoms with E-state index in [9.17, 15) is 4.39 Å². The van der Waals surface area contributed by atoms with Crippen molar-refractivity contribution in [1.29, 1.82) is 0 Å². The van der Waals surface area contributed by atoms with Gasteiger partial charge in [-0.05, 0) is 37.1 Å². The Bertz CT molecular complexity index is 579. The van der Waals surface area contributed by atoms with Crippen molar-refractivity contribution in [2.24, 2.45) is 0 Å². The van der Waals surface area contributed by atoms with E-state index in [0.717, 1.165) is 31.7 Å². The Morgan fingerprint density at radius 2 is 2.05 bits per heavy atom. The predicted molar refractivity (Wildman–Crippen MR) is 71.3 cm³/mol. The Balaban J connectivity index is 1.87. The molecule has 0 bridgehead atoms. The number of halogens is 2. The lowest BCUT2D eigenvalue weighted by Gasteiger charge is -2.19. The molecule has 0 atom stereocenters. The molecule has 0 spiro atoms. The van der Waals surface area contributed by atoms with Crippen molar-refractivity contribution in [2.45, 2.75) is 18.8 Å². The van der Waals surface area contributed by atoms with Gasteiger partial charge in [-0.25, -0.2) is 9.07 Å². The maximum atomic E-state index is 13.8. The van der Waals surface area contributed by atoms with Crippen LogP contribution in [0, 0.1) is 5.82 Å². The molecule has 1 aromatic carbocycles. The van der Waals surface area contributed by atoms with Crippen molar-refractivity contribution < 1.29 is 9.13 Å². The van der Waals surface area contributed by atoms with Crippen molar-refractivity contribution in [3.63, 3.8) is 0 Å². The van der Waals surface area contributed by atoms with Crippen LogP contribution in [0.1, 0.15) is 24.5 Å². The molecular weight excluding hydrogens is 267 g/mol. The molecule has 0 saturated carbocycles. The van der Waals surface area contributed by atoms with Crippen molar-refractivity contribution in [3.05, 3.63) is 47.0 Å². The molecule has 1 fully saturated rings. The Labute approximate surface area is 115 Å². The first-order valence-electron chi connectivity index (χ1n) is 6.33. The van der Waals surface area contributed by atoms with Gasteiger partial charge in [0.1, 0.15) is 11.5 Å². The zero-order valence-corrected chi connectivity index (χ0v) is 11.1. The highest BCUT2D eigenvalue weighted by atomic mass is 35.5. The van der Waals surface area contributed by atoms with Crippen LogP contribution in [0.2, 0.25) is 5.02 Å². The highest BCUT2D eigenvalue weighted by molar-refractivity contribution is 6.30. The van der Waals surface area contributed by atoms with Crippen LogP contribution in [0.5, 0.6) is 0 Å². The van der Waals surface area contributed by atoms with Gasteiger partial charge in [0, 0.05) is 30.4 Å². The summed E-state index contributed by atoms with van der Waals surface area (Å²) in [6.45, 7) is 1.54. The quantitative estimate of drug-likeness (QED) is 0.841. The van der Waals surface area contributed by atoms with Gasteiger partial charge in [-0.3, -0.25) is 0 Å². The van der Waals surface area contributed by atoms with Gasteiger partial charge in [-0.2, -0.15) is 5.10 Å². The van der Waals surface area contributed by atoms with Crippen molar-refractivity contribution in [2.75, 3.05) is 13.2 Å². The van der Waals surface area contributed by atoms with E-state index in [1.54, 1.807) is 23.0 Å². The molecule has 100 valence electrons. The minimum atomic E-state index is -0.367. The molecule has 1 saturated heterocycles. The Morgan fingerprint density at radius 1 is 1.26 bits per heavy atom. The first kappa shape index (κ1) is 12.6. The normalized spacial score (nSPS) is 16.7. The molecule has 1 aliphatic heterocycles. The fourth-order valence-corrected chi connectivity index (χ4v) is 2.51. The molecule has 0 N–H and O–H groups in total. The highest BCUT2D eigenvalue weighted by Gasteiger charge is 2.18. The molecule has 0 aliphatic carbocycles. The van der Waals surface area contributed by atoms with Crippen LogP contribution < -0.4 is 0 Å². The molecule has 2 aromatic rings. The number of ether oxygens (including phenoxy) is 1. The lowest BCUT2D eigenvalue weighted by atomic mass is 9.97. The summed E-state index contributed by atoms with van der Waals surface area (Å²) in [5.41, 5.74) is 1.42. The predicted octanol–water partition coefficient (Wildman–Crippen LogP) is 3.56. The van der Waals surface area contributed by atoms with Crippen LogP contribution in [0.3, 0.4) is 0 Å². The molecule has 0 amide bonds. The fraction of sp³-hybridized carbons (Fsp3) is 0.357. The van der Waals surface area contributed by atoms with E-state index >= 15 is 0 Å². The topological polar surface area (TPSA) is 27.1 Å². The van der Waals surface area contributed by atoms with Gasteiger partial charge in [0.05, 0.1) is 5.69 Å². The lowest BCUT2D eigenvalue weighted by Crippen LogP contribution is -2.14. The van der Waals surface area contributed by atoms with Crippen LogP contribution in [0.4, 0.5) is 4.39 Å². The first-order chi connectivity index (χ1) is 9.24. The molecule has 19 heavy (non-hydrogen) atoms. The number of aromatic nitrogens is 2. The molecular formula is C14H14ClFN2O. The summed E-state index contributed by atoms with van der Waals surface area (Å²) in [5, 5.41) is 4.86. The van der Waals surface area contributed by atoms with Crippen LogP contribution >= 0.6 is 11.6 Å². The third-order valence-electron chi connectivity index (χ3n) is 3.41. The van der Waals surface area contributed by atoms with Gasteiger partial charge < -0.3 is 4.74 Å². The highest BCUT2D eigenvalue weighted by Crippen LogP contribution is 2.26. The zero-order valence-electron chi connectivity index (χ0n) is 10.4. The number of hydrogen-bond acceptors (Lipinski definition) is 2. The van der Waals surface area contributed by atoms with Gasteiger partial charge in [0.25, 0.3) is 0 Å². The average molecular weight is 281 g/mol. The Morgan fingerprint density at radius 3 is 2.79 bits per heavy atom. The third-order valence-corrected chi connectivity index (χ3v) is 3.64. The van der Waals surface area contributed by atoms with Crippen LogP contribution in [-0.2, 0) is 4.74 Å². The minimum absolute atomic E-state index is 0.367. The fourth-order valence-electron chi connectivity index (χ4n) is 2.35. The lowest BCUT2D eigenvalue weighted by molar-refractivity contribution is 0.0844. The molecule has 0 radical (unpaired) electrons. The molecule has 0 unspecified atom stereocenters. The van der Waals surface area contributed by atoms with Crippen molar-refractivity contribution in [3.8, 4) is 5.69 Å². The summed E-state index contributed by atoms with van der Waals surface area (Å²) in [6, 6.07) is 6.55. The van der Waals surface area contributed by atoms with Gasteiger partial charge in [0.15, 0.2) is 0 Å². The molecule has 5 heteroatoms. The Hall–Kier alpha value is -1.39. The summed E-state index contributed by atoms with van der Waals surface area (Å²) in [4.78, 5) is 0. The Kier molecular flexibility index (Phi) is 3.53. The summed E-state index contributed by atoms with van der Waals surface area (Å²) in [5.74, 6) is 0.0412. The van der Waals surface area contributed by atoms with E-state index in [1.165, 1.54) is 6.07 Å². The molecule has 3 nitrogen and oxygen atoms in total. The monoisotopic (exact) mass is 280 g/mol. The van der Waals surface area contributed by atoms with Crippen molar-refractivity contribution >= 4 is 11.6 Å². The molecule has 1 aliphatic rings. The van der Waals surface area contributed by atoms with Crippen LogP contribution in [0.25, 0.3) is 5.69 Å². The van der Waals surface area contributed by atoms with Crippen LogP contribution in [0.15, 0.2) is 30.5 Å². The summed E-state index contributed by atoms with van der Waals surface area (Å²) in [7, 11) is 0. The number of rotatable bonds is 2. The SMILES string of the molecule is Fc1cc(Cl)ccc1-n1ccc(C2CCOCC2)n1. The van der Waals surface area contributed by atoms with E-state index in [1.807, 2.05) is 6.07 Å². The van der Waals surface area contributed by atoms with E-state index < -0.39 is 0 Å². The maximum Gasteiger partial charge on any atom is 0.150 e. The number of hydrogen-bond donors (Lipinski definition) is 0.